The maximum Gasteiger partial charge on any atom is 0.303 e. The summed E-state index contributed by atoms with van der Waals surface area (Å²) in [5.41, 5.74) is 0. The molecular formula is C20H36O2. The minimum Gasteiger partial charge on any atom is -0.481 e. The van der Waals surface area contributed by atoms with Crippen molar-refractivity contribution in [3.05, 3.63) is 24.3 Å². The zero-order valence-electron chi connectivity index (χ0n) is 14.6. The van der Waals surface area contributed by atoms with Crippen LogP contribution in [0.5, 0.6) is 0 Å². The lowest BCUT2D eigenvalue weighted by atomic mass is 10.1. The van der Waals surface area contributed by atoms with Crippen molar-refractivity contribution in [2.75, 3.05) is 0 Å². The SMILES string of the molecule is CCC=CCCCCC=CCCCCCCCCCC(=O)O. The third-order valence-electron chi connectivity index (χ3n) is 3.82. The van der Waals surface area contributed by atoms with Crippen LogP contribution in [0.2, 0.25) is 0 Å². The first kappa shape index (κ1) is 20.9. The second-order valence-electron chi connectivity index (χ2n) is 6.04. The number of carboxylic acids is 1. The molecule has 0 heterocycles. The van der Waals surface area contributed by atoms with E-state index < -0.39 is 5.97 Å². The molecule has 22 heavy (non-hydrogen) atoms. The van der Waals surface area contributed by atoms with Crippen molar-refractivity contribution in [3.63, 3.8) is 0 Å². The number of carboxylic acid groups (broad SMARTS) is 1. The molecule has 0 unspecified atom stereocenters. The van der Waals surface area contributed by atoms with E-state index in [1.165, 1.54) is 64.2 Å². The first-order valence-corrected chi connectivity index (χ1v) is 9.29. The molecule has 0 aromatic carbocycles. The van der Waals surface area contributed by atoms with Gasteiger partial charge in [0.05, 0.1) is 0 Å². The molecular weight excluding hydrogens is 272 g/mol. The fourth-order valence-electron chi connectivity index (χ4n) is 2.47. The summed E-state index contributed by atoms with van der Waals surface area (Å²) in [6.45, 7) is 2.18. The minimum absolute atomic E-state index is 0.333. The van der Waals surface area contributed by atoms with Crippen molar-refractivity contribution in [1.82, 2.24) is 0 Å². The number of allylic oxidation sites excluding steroid dienone is 4. The molecule has 2 heteroatoms. The second kappa shape index (κ2) is 18.0. The Labute approximate surface area is 137 Å². The topological polar surface area (TPSA) is 37.3 Å². The van der Waals surface area contributed by atoms with Crippen LogP contribution in [0.4, 0.5) is 0 Å². The molecule has 0 fully saturated rings. The van der Waals surface area contributed by atoms with Crippen LogP contribution in [0.1, 0.15) is 96.8 Å². The van der Waals surface area contributed by atoms with Crippen LogP contribution >= 0.6 is 0 Å². The lowest BCUT2D eigenvalue weighted by Crippen LogP contribution is -1.93. The lowest BCUT2D eigenvalue weighted by Gasteiger charge is -2.00. The molecule has 0 amide bonds. The van der Waals surface area contributed by atoms with Gasteiger partial charge in [-0.05, 0) is 51.4 Å². The summed E-state index contributed by atoms with van der Waals surface area (Å²) in [6, 6.07) is 0. The van der Waals surface area contributed by atoms with Gasteiger partial charge in [0, 0.05) is 6.42 Å². The number of aliphatic carboxylic acids is 1. The third kappa shape index (κ3) is 18.9. The molecule has 0 bridgehead atoms. The summed E-state index contributed by atoms with van der Waals surface area (Å²) in [5, 5.41) is 8.53. The summed E-state index contributed by atoms with van der Waals surface area (Å²) in [5.74, 6) is -0.663. The van der Waals surface area contributed by atoms with Gasteiger partial charge in [0.15, 0.2) is 0 Å². The first-order chi connectivity index (χ1) is 10.8. The van der Waals surface area contributed by atoms with Gasteiger partial charge in [-0.15, -0.1) is 0 Å². The number of hydrogen-bond acceptors (Lipinski definition) is 1. The number of rotatable bonds is 16. The van der Waals surface area contributed by atoms with E-state index in [2.05, 4.69) is 31.2 Å². The van der Waals surface area contributed by atoms with Crippen LogP contribution in [-0.4, -0.2) is 11.1 Å². The average molecular weight is 309 g/mol. The Hall–Kier alpha value is -1.05. The normalized spacial score (nSPS) is 11.7. The minimum atomic E-state index is -0.663. The fourth-order valence-corrected chi connectivity index (χ4v) is 2.47. The van der Waals surface area contributed by atoms with E-state index in [4.69, 9.17) is 5.11 Å². The molecule has 0 aliphatic rings. The van der Waals surface area contributed by atoms with Crippen molar-refractivity contribution in [1.29, 1.82) is 0 Å². The predicted molar refractivity (Wildman–Crippen MR) is 96.2 cm³/mol. The Morgan fingerprint density at radius 2 is 1.09 bits per heavy atom. The van der Waals surface area contributed by atoms with Crippen LogP contribution in [0.25, 0.3) is 0 Å². The fraction of sp³-hybridized carbons (Fsp3) is 0.750. The molecule has 0 aromatic rings. The third-order valence-corrected chi connectivity index (χ3v) is 3.82. The highest BCUT2D eigenvalue weighted by Gasteiger charge is 1.96. The molecule has 0 aromatic heterocycles. The highest BCUT2D eigenvalue weighted by atomic mass is 16.4. The Morgan fingerprint density at radius 1 is 0.682 bits per heavy atom. The van der Waals surface area contributed by atoms with E-state index in [0.29, 0.717) is 6.42 Å². The van der Waals surface area contributed by atoms with E-state index in [1.807, 2.05) is 0 Å². The van der Waals surface area contributed by atoms with Gasteiger partial charge in [-0.1, -0.05) is 63.3 Å². The molecule has 0 aliphatic carbocycles. The molecule has 0 saturated heterocycles. The van der Waals surface area contributed by atoms with Crippen LogP contribution in [0, 0.1) is 0 Å². The van der Waals surface area contributed by atoms with Gasteiger partial charge < -0.3 is 5.11 Å². The summed E-state index contributed by atoms with van der Waals surface area (Å²) < 4.78 is 0. The highest BCUT2D eigenvalue weighted by molar-refractivity contribution is 5.66. The molecule has 0 saturated carbocycles. The van der Waals surface area contributed by atoms with E-state index in [9.17, 15) is 4.79 Å². The van der Waals surface area contributed by atoms with E-state index >= 15 is 0 Å². The monoisotopic (exact) mass is 308 g/mol. The van der Waals surface area contributed by atoms with Crippen molar-refractivity contribution < 1.29 is 9.90 Å². The average Bonchev–Trinajstić information content (AvgIpc) is 2.50. The Kier molecular flexibility index (Phi) is 17.1. The Morgan fingerprint density at radius 3 is 1.59 bits per heavy atom. The standard InChI is InChI=1S/C20H36O2/c1-2-3-4-5-6-7-8-9-10-11-12-13-14-15-16-17-18-19-20(21)22/h3-4,9-10H,2,5-8,11-19H2,1H3,(H,21,22). The van der Waals surface area contributed by atoms with Crippen molar-refractivity contribution in [2.45, 2.75) is 96.8 Å². The van der Waals surface area contributed by atoms with Gasteiger partial charge in [0.25, 0.3) is 0 Å². The van der Waals surface area contributed by atoms with Crippen LogP contribution in [0.3, 0.4) is 0 Å². The van der Waals surface area contributed by atoms with Gasteiger partial charge in [-0.3, -0.25) is 4.79 Å². The van der Waals surface area contributed by atoms with Crippen molar-refractivity contribution in [2.24, 2.45) is 0 Å². The molecule has 0 rings (SSSR count). The van der Waals surface area contributed by atoms with Crippen LogP contribution in [-0.2, 0) is 4.79 Å². The molecule has 1 N–H and O–H groups in total. The van der Waals surface area contributed by atoms with E-state index in [-0.39, 0.29) is 0 Å². The van der Waals surface area contributed by atoms with Gasteiger partial charge >= 0.3 is 5.97 Å². The van der Waals surface area contributed by atoms with Gasteiger partial charge in [0.1, 0.15) is 0 Å². The maximum absolute atomic E-state index is 10.4. The second-order valence-corrected chi connectivity index (χ2v) is 6.04. The first-order valence-electron chi connectivity index (χ1n) is 9.29. The molecule has 0 atom stereocenters. The van der Waals surface area contributed by atoms with E-state index in [0.717, 1.165) is 19.3 Å². The quantitative estimate of drug-likeness (QED) is 0.255. The maximum atomic E-state index is 10.4. The van der Waals surface area contributed by atoms with Crippen molar-refractivity contribution in [3.8, 4) is 0 Å². The number of hydrogen-bond donors (Lipinski definition) is 1. The summed E-state index contributed by atoms with van der Waals surface area (Å²) in [7, 11) is 0. The molecule has 2 nitrogen and oxygen atoms in total. The predicted octanol–water partition coefficient (Wildman–Crippen LogP) is 6.66. The van der Waals surface area contributed by atoms with Gasteiger partial charge in [0.2, 0.25) is 0 Å². The Bertz CT molecular complexity index is 292. The lowest BCUT2D eigenvalue weighted by molar-refractivity contribution is -0.137. The zero-order valence-corrected chi connectivity index (χ0v) is 14.6. The summed E-state index contributed by atoms with van der Waals surface area (Å²) in [6.07, 6.45) is 25.3. The van der Waals surface area contributed by atoms with Gasteiger partial charge in [-0.25, -0.2) is 0 Å². The van der Waals surface area contributed by atoms with Crippen LogP contribution < -0.4 is 0 Å². The summed E-state index contributed by atoms with van der Waals surface area (Å²) in [4.78, 5) is 10.4. The molecule has 0 radical (unpaired) electrons. The molecule has 128 valence electrons. The van der Waals surface area contributed by atoms with E-state index in [1.54, 1.807) is 0 Å². The summed E-state index contributed by atoms with van der Waals surface area (Å²) >= 11 is 0. The van der Waals surface area contributed by atoms with Crippen LogP contribution in [0.15, 0.2) is 24.3 Å². The Balaban J connectivity index is 3.11. The highest BCUT2D eigenvalue weighted by Crippen LogP contribution is 2.10. The largest absolute Gasteiger partial charge is 0.481 e. The van der Waals surface area contributed by atoms with Gasteiger partial charge in [-0.2, -0.15) is 0 Å². The number of unbranched alkanes of at least 4 members (excludes halogenated alkanes) is 10. The zero-order chi connectivity index (χ0) is 16.3. The number of carbonyl (C=O) groups is 1. The molecule has 0 aliphatic heterocycles. The van der Waals surface area contributed by atoms with Crippen molar-refractivity contribution >= 4 is 5.97 Å². The smallest absolute Gasteiger partial charge is 0.303 e. The molecule has 0 spiro atoms.